The number of sulfonamides is 1. The lowest BCUT2D eigenvalue weighted by Gasteiger charge is -2.31. The highest BCUT2D eigenvalue weighted by molar-refractivity contribution is 7.89. The molecular weight excluding hydrogens is 388 g/mol. The minimum absolute atomic E-state index is 0.0503. The molecule has 0 atom stereocenters. The van der Waals surface area contributed by atoms with Crippen molar-refractivity contribution < 1.29 is 23.1 Å². The van der Waals surface area contributed by atoms with Crippen molar-refractivity contribution in [3.05, 3.63) is 46.2 Å². The Hall–Kier alpha value is -2.23. The Kier molecular flexibility index (Phi) is 5.64. The number of thiophene rings is 1. The number of hydrogen-bond donors (Lipinski definition) is 1. The Balaban J connectivity index is 1.72. The summed E-state index contributed by atoms with van der Waals surface area (Å²) in [4.78, 5) is 23.7. The molecule has 1 aliphatic rings. The number of carbonyl (C=O) groups excluding carboxylic acids is 2. The molecule has 144 valence electrons. The Morgan fingerprint density at radius 2 is 1.89 bits per heavy atom. The van der Waals surface area contributed by atoms with Gasteiger partial charge in [-0.15, -0.1) is 11.3 Å². The molecule has 2 heterocycles. The number of benzene rings is 1. The Morgan fingerprint density at radius 1 is 1.22 bits per heavy atom. The maximum Gasteiger partial charge on any atom is 0.265 e. The first kappa shape index (κ1) is 19.5. The number of nitrogens with zero attached hydrogens (tertiary/aromatic N) is 1. The van der Waals surface area contributed by atoms with Crippen LogP contribution in [0.25, 0.3) is 0 Å². The van der Waals surface area contributed by atoms with Crippen LogP contribution >= 0.6 is 11.3 Å². The summed E-state index contributed by atoms with van der Waals surface area (Å²) in [7, 11) is -3.75. The van der Waals surface area contributed by atoms with Crippen LogP contribution in [0.15, 0.2) is 40.6 Å². The average Bonchev–Trinajstić information content (AvgIpc) is 3.15. The van der Waals surface area contributed by atoms with Crippen molar-refractivity contribution in [2.75, 3.05) is 18.4 Å². The number of anilines is 1. The second-order valence-electron chi connectivity index (χ2n) is 6.41. The van der Waals surface area contributed by atoms with Gasteiger partial charge in [0.2, 0.25) is 10.0 Å². The van der Waals surface area contributed by atoms with Gasteiger partial charge in [0.15, 0.2) is 0 Å². The van der Waals surface area contributed by atoms with Crippen LogP contribution < -0.4 is 10.4 Å². The number of para-hydroxylation sites is 1. The van der Waals surface area contributed by atoms with Gasteiger partial charge in [0.1, 0.15) is 0 Å². The zero-order valence-electron chi connectivity index (χ0n) is 14.7. The summed E-state index contributed by atoms with van der Waals surface area (Å²) in [5, 5.41) is 15.1. The molecule has 1 amide bonds. The van der Waals surface area contributed by atoms with Crippen molar-refractivity contribution >= 4 is 38.9 Å². The highest BCUT2D eigenvalue weighted by Crippen LogP contribution is 2.27. The van der Waals surface area contributed by atoms with E-state index in [1.54, 1.807) is 6.07 Å². The molecule has 0 unspecified atom stereocenters. The first-order chi connectivity index (χ1) is 12.8. The summed E-state index contributed by atoms with van der Waals surface area (Å²) in [5.41, 5.74) is 1.58. The van der Waals surface area contributed by atoms with Gasteiger partial charge in [0.25, 0.3) is 5.91 Å². The Bertz CT molecular complexity index is 960. The number of rotatable bonds is 5. The third-order valence-electron chi connectivity index (χ3n) is 4.62. The van der Waals surface area contributed by atoms with Gasteiger partial charge < -0.3 is 15.2 Å². The van der Waals surface area contributed by atoms with Gasteiger partial charge in [-0.2, -0.15) is 4.31 Å². The van der Waals surface area contributed by atoms with E-state index in [0.29, 0.717) is 10.6 Å². The number of carboxylic acid groups (broad SMARTS) is 1. The molecule has 1 N–H and O–H groups in total. The van der Waals surface area contributed by atoms with E-state index < -0.39 is 21.9 Å². The van der Waals surface area contributed by atoms with Gasteiger partial charge in [-0.25, -0.2) is 8.42 Å². The van der Waals surface area contributed by atoms with E-state index in [4.69, 9.17) is 0 Å². The lowest BCUT2D eigenvalue weighted by molar-refractivity contribution is -0.312. The zero-order chi connectivity index (χ0) is 19.6. The Morgan fingerprint density at radius 3 is 2.52 bits per heavy atom. The first-order valence-corrected chi connectivity index (χ1v) is 10.8. The largest absolute Gasteiger partial charge is 0.550 e. The second-order valence-corrected chi connectivity index (χ2v) is 9.26. The summed E-state index contributed by atoms with van der Waals surface area (Å²) in [6.45, 7) is 2.12. The van der Waals surface area contributed by atoms with Crippen molar-refractivity contribution in [2.45, 2.75) is 24.7 Å². The van der Waals surface area contributed by atoms with Crippen molar-refractivity contribution in [1.29, 1.82) is 0 Å². The highest BCUT2D eigenvalue weighted by atomic mass is 32.2. The number of aliphatic carboxylic acids is 1. The Labute approximate surface area is 161 Å². The SMILES string of the molecule is Cc1ccccc1NC(=O)c1cc(S(=O)(=O)N2CCC(C(=O)[O-])CC2)cs1. The van der Waals surface area contributed by atoms with Crippen LogP contribution in [0.1, 0.15) is 28.1 Å². The third kappa shape index (κ3) is 4.20. The third-order valence-corrected chi connectivity index (χ3v) is 7.57. The van der Waals surface area contributed by atoms with Gasteiger partial charge in [-0.3, -0.25) is 4.79 Å². The van der Waals surface area contributed by atoms with Crippen molar-refractivity contribution in [2.24, 2.45) is 5.92 Å². The number of amides is 1. The second kappa shape index (κ2) is 7.79. The number of carboxylic acids is 1. The molecule has 7 nitrogen and oxygen atoms in total. The minimum Gasteiger partial charge on any atom is -0.550 e. The van der Waals surface area contributed by atoms with Gasteiger partial charge in [-0.1, -0.05) is 18.2 Å². The van der Waals surface area contributed by atoms with Gasteiger partial charge in [-0.05, 0) is 37.5 Å². The molecule has 1 aromatic carbocycles. The number of piperidine rings is 1. The quantitative estimate of drug-likeness (QED) is 0.808. The van der Waals surface area contributed by atoms with Crippen LogP contribution in [0.3, 0.4) is 0 Å². The standard InChI is InChI=1S/C18H20N2O5S2/c1-12-4-2-3-5-15(12)19-17(21)16-10-14(11-26-16)27(24,25)20-8-6-13(7-9-20)18(22)23/h2-5,10-11,13H,6-9H2,1H3,(H,19,21)(H,22,23)/p-1. The zero-order valence-corrected chi connectivity index (χ0v) is 16.3. The molecule has 3 rings (SSSR count). The summed E-state index contributed by atoms with van der Waals surface area (Å²) in [6, 6.07) is 8.68. The molecular formula is C18H19N2O5S2-. The number of carbonyl (C=O) groups is 2. The van der Waals surface area contributed by atoms with Crippen molar-refractivity contribution in [1.82, 2.24) is 4.31 Å². The minimum atomic E-state index is -3.75. The van der Waals surface area contributed by atoms with E-state index in [1.165, 1.54) is 15.8 Å². The van der Waals surface area contributed by atoms with Crippen LogP contribution in [-0.4, -0.2) is 37.7 Å². The topological polar surface area (TPSA) is 107 Å². The molecule has 1 aliphatic heterocycles. The number of nitrogens with one attached hydrogen (secondary N) is 1. The van der Waals surface area contributed by atoms with Crippen LogP contribution in [-0.2, 0) is 14.8 Å². The fourth-order valence-corrected chi connectivity index (χ4v) is 5.58. The summed E-state index contributed by atoms with van der Waals surface area (Å²) < 4.78 is 26.8. The molecule has 1 aromatic heterocycles. The molecule has 2 aromatic rings. The summed E-state index contributed by atoms with van der Waals surface area (Å²) in [6.07, 6.45) is 0.457. The van der Waals surface area contributed by atoms with Crippen LogP contribution in [0.2, 0.25) is 0 Å². The number of aryl methyl sites for hydroxylation is 1. The highest BCUT2D eigenvalue weighted by Gasteiger charge is 2.31. The molecule has 0 saturated carbocycles. The molecule has 9 heteroatoms. The molecule has 0 radical (unpaired) electrons. The van der Waals surface area contributed by atoms with Crippen LogP contribution in [0.4, 0.5) is 5.69 Å². The molecule has 1 saturated heterocycles. The van der Waals surface area contributed by atoms with E-state index in [1.807, 2.05) is 25.1 Å². The molecule has 0 aliphatic carbocycles. The summed E-state index contributed by atoms with van der Waals surface area (Å²) >= 11 is 1.06. The molecule has 1 fully saturated rings. The number of hydrogen-bond acceptors (Lipinski definition) is 6. The molecule has 0 spiro atoms. The lowest BCUT2D eigenvalue weighted by atomic mass is 9.99. The maximum absolute atomic E-state index is 12.7. The fourth-order valence-electron chi connectivity index (χ4n) is 2.95. The van der Waals surface area contributed by atoms with E-state index in [2.05, 4.69) is 5.32 Å². The van der Waals surface area contributed by atoms with E-state index in [9.17, 15) is 23.1 Å². The van der Waals surface area contributed by atoms with Crippen molar-refractivity contribution in [3.8, 4) is 0 Å². The smallest absolute Gasteiger partial charge is 0.265 e. The summed E-state index contributed by atoms with van der Waals surface area (Å²) in [5.74, 6) is -2.13. The lowest BCUT2D eigenvalue weighted by Crippen LogP contribution is -2.43. The van der Waals surface area contributed by atoms with Gasteiger partial charge in [0.05, 0.1) is 9.77 Å². The maximum atomic E-state index is 12.7. The van der Waals surface area contributed by atoms with Gasteiger partial charge >= 0.3 is 0 Å². The van der Waals surface area contributed by atoms with E-state index >= 15 is 0 Å². The van der Waals surface area contributed by atoms with Crippen LogP contribution in [0.5, 0.6) is 0 Å². The normalized spacial score (nSPS) is 16.2. The van der Waals surface area contributed by atoms with E-state index in [0.717, 1.165) is 16.9 Å². The van der Waals surface area contributed by atoms with Gasteiger partial charge in [0, 0.05) is 36.0 Å². The molecule has 0 bridgehead atoms. The van der Waals surface area contributed by atoms with E-state index in [-0.39, 0.29) is 36.7 Å². The fraction of sp³-hybridized carbons (Fsp3) is 0.333. The predicted molar refractivity (Wildman–Crippen MR) is 99.9 cm³/mol. The average molecular weight is 407 g/mol. The van der Waals surface area contributed by atoms with Crippen molar-refractivity contribution in [3.63, 3.8) is 0 Å². The predicted octanol–water partition coefficient (Wildman–Crippen LogP) is 1.46. The molecule has 27 heavy (non-hydrogen) atoms. The first-order valence-electron chi connectivity index (χ1n) is 8.45. The van der Waals surface area contributed by atoms with Crippen LogP contribution in [0, 0.1) is 12.8 Å². The monoisotopic (exact) mass is 407 g/mol.